The minimum absolute atomic E-state index is 0.0684. The van der Waals surface area contributed by atoms with Crippen molar-refractivity contribution >= 4 is 38.4 Å². The molecule has 2 aromatic heterocycles. The largest absolute Gasteiger partial charge is 0.465 e. The number of rotatable bonds is 6. The van der Waals surface area contributed by atoms with Crippen molar-refractivity contribution in [3.63, 3.8) is 0 Å². The molecule has 1 aliphatic heterocycles. The molecule has 32 heavy (non-hydrogen) atoms. The Hall–Kier alpha value is -2.41. The molecule has 3 heterocycles. The first kappa shape index (κ1) is 22.8. The number of imidazole rings is 1. The van der Waals surface area contributed by atoms with E-state index < -0.39 is 28.6 Å². The number of fused-ring (bicyclic) bond motifs is 1. The Morgan fingerprint density at radius 1 is 1.19 bits per heavy atom. The number of thiophene rings is 1. The van der Waals surface area contributed by atoms with Crippen LogP contribution >= 0.6 is 11.3 Å². The number of methoxy groups -OCH3 is 1. The van der Waals surface area contributed by atoms with E-state index in [0.717, 1.165) is 15.9 Å². The van der Waals surface area contributed by atoms with Crippen LogP contribution in [0.15, 0.2) is 39.9 Å². The van der Waals surface area contributed by atoms with Crippen LogP contribution in [0.25, 0.3) is 11.0 Å². The molecule has 4 rings (SSSR count). The van der Waals surface area contributed by atoms with Crippen molar-refractivity contribution in [3.05, 3.63) is 47.1 Å². The molecule has 0 aliphatic carbocycles. The third-order valence-corrected chi connectivity index (χ3v) is 8.92. The number of sulfonamides is 1. The number of nitrogens with zero attached hydrogens (tertiary/aromatic N) is 4. The van der Waals surface area contributed by atoms with Gasteiger partial charge in [-0.05, 0) is 25.1 Å². The summed E-state index contributed by atoms with van der Waals surface area (Å²) in [5.41, 5.74) is 1.05. The number of carbonyl (C=O) groups excluding carboxylic acids is 1. The van der Waals surface area contributed by atoms with E-state index in [0.29, 0.717) is 24.1 Å². The molecule has 12 heteroatoms. The number of para-hydroxylation sites is 2. The lowest BCUT2D eigenvalue weighted by Crippen LogP contribution is -2.49. The van der Waals surface area contributed by atoms with E-state index in [1.54, 1.807) is 31.2 Å². The highest BCUT2D eigenvalue weighted by molar-refractivity contribution is 7.91. The van der Waals surface area contributed by atoms with E-state index >= 15 is 0 Å². The Labute approximate surface area is 188 Å². The summed E-state index contributed by atoms with van der Waals surface area (Å²) >= 11 is 0.965. The molecule has 8 nitrogen and oxygen atoms in total. The van der Waals surface area contributed by atoms with Crippen LogP contribution in [0.3, 0.4) is 0 Å². The number of ether oxygens (including phenoxy) is 1. The van der Waals surface area contributed by atoms with Gasteiger partial charge in [0.2, 0.25) is 0 Å². The number of benzene rings is 1. The summed E-state index contributed by atoms with van der Waals surface area (Å²) in [4.78, 5) is 18.0. The number of alkyl halides is 2. The predicted octanol–water partition coefficient (Wildman–Crippen LogP) is 3.35. The minimum Gasteiger partial charge on any atom is -0.465 e. The van der Waals surface area contributed by atoms with Gasteiger partial charge in [0.25, 0.3) is 10.0 Å². The average molecular weight is 485 g/mol. The van der Waals surface area contributed by atoms with Crippen molar-refractivity contribution in [1.29, 1.82) is 0 Å². The van der Waals surface area contributed by atoms with Crippen molar-refractivity contribution < 1.29 is 26.7 Å². The third-order valence-electron chi connectivity index (χ3n) is 5.60. The fraction of sp³-hybridized carbons (Fsp3) is 0.400. The van der Waals surface area contributed by atoms with Crippen LogP contribution < -0.4 is 0 Å². The van der Waals surface area contributed by atoms with Crippen LogP contribution in [0.4, 0.5) is 8.78 Å². The monoisotopic (exact) mass is 484 g/mol. The van der Waals surface area contributed by atoms with Gasteiger partial charge >= 0.3 is 12.5 Å². The molecule has 1 aliphatic rings. The average Bonchev–Trinajstić information content (AvgIpc) is 3.44. The van der Waals surface area contributed by atoms with E-state index in [-0.39, 0.29) is 28.7 Å². The second-order valence-corrected chi connectivity index (χ2v) is 10.4. The van der Waals surface area contributed by atoms with Crippen LogP contribution in [0.1, 0.15) is 35.7 Å². The van der Waals surface area contributed by atoms with Crippen LogP contribution in [0.5, 0.6) is 0 Å². The lowest BCUT2D eigenvalue weighted by atomic mass is 10.2. The standard InChI is InChI=1S/C20H22F2N4O4S2/c1-13(18-23-15-5-3-4-6-16(15)26(18)20(21)22)24-7-9-25(10-8-24)32(28,29)17-11-14(12-31-17)19(27)30-2/h3-6,11-13,20H,7-10H2,1-2H3/t13-/m0/s1. The van der Waals surface area contributed by atoms with Gasteiger partial charge in [-0.2, -0.15) is 13.1 Å². The molecular weight excluding hydrogens is 462 g/mol. The molecule has 0 N–H and O–H groups in total. The van der Waals surface area contributed by atoms with Crippen LogP contribution in [0, 0.1) is 0 Å². The SMILES string of the molecule is COC(=O)c1csc(S(=O)(=O)N2CCN([C@@H](C)c3nc4ccccc4n3C(F)F)CC2)c1. The summed E-state index contributed by atoms with van der Waals surface area (Å²) < 4.78 is 60.5. The Morgan fingerprint density at radius 2 is 1.88 bits per heavy atom. The summed E-state index contributed by atoms with van der Waals surface area (Å²) in [6, 6.07) is 7.63. The van der Waals surface area contributed by atoms with Crippen molar-refractivity contribution in [2.75, 3.05) is 33.3 Å². The molecule has 0 amide bonds. The molecule has 0 radical (unpaired) electrons. The number of piperazine rings is 1. The first-order valence-electron chi connectivity index (χ1n) is 9.90. The van der Waals surface area contributed by atoms with Gasteiger partial charge in [-0.15, -0.1) is 11.3 Å². The van der Waals surface area contributed by atoms with Crippen molar-refractivity contribution in [3.8, 4) is 0 Å². The maximum Gasteiger partial charge on any atom is 0.338 e. The van der Waals surface area contributed by atoms with E-state index in [2.05, 4.69) is 9.72 Å². The number of hydrogen-bond donors (Lipinski definition) is 0. The zero-order valence-corrected chi connectivity index (χ0v) is 19.1. The summed E-state index contributed by atoms with van der Waals surface area (Å²) in [5, 5.41) is 1.45. The van der Waals surface area contributed by atoms with Crippen molar-refractivity contribution in [2.45, 2.75) is 23.7 Å². The normalized spacial score (nSPS) is 17.2. The molecule has 1 saturated heterocycles. The molecule has 3 aromatic rings. The van der Waals surface area contributed by atoms with Gasteiger partial charge in [0.05, 0.1) is 29.7 Å². The quantitative estimate of drug-likeness (QED) is 0.499. The maximum absolute atomic E-state index is 13.8. The second-order valence-electron chi connectivity index (χ2n) is 7.37. The molecule has 172 valence electrons. The van der Waals surface area contributed by atoms with Gasteiger partial charge in [-0.25, -0.2) is 18.2 Å². The van der Waals surface area contributed by atoms with Gasteiger partial charge in [0.1, 0.15) is 10.0 Å². The lowest BCUT2D eigenvalue weighted by Gasteiger charge is -2.37. The third kappa shape index (κ3) is 4.03. The van der Waals surface area contributed by atoms with Crippen LogP contribution in [0.2, 0.25) is 0 Å². The lowest BCUT2D eigenvalue weighted by molar-refractivity contribution is 0.0599. The zero-order chi connectivity index (χ0) is 23.0. The molecule has 0 saturated carbocycles. The molecule has 0 spiro atoms. The van der Waals surface area contributed by atoms with E-state index in [1.807, 2.05) is 4.90 Å². The Kier molecular flexibility index (Phi) is 6.30. The molecule has 0 bridgehead atoms. The molecule has 0 unspecified atom stereocenters. The van der Waals surface area contributed by atoms with Gasteiger partial charge in [0.15, 0.2) is 0 Å². The number of hydrogen-bond acceptors (Lipinski definition) is 7. The highest BCUT2D eigenvalue weighted by atomic mass is 32.2. The van der Waals surface area contributed by atoms with E-state index in [1.165, 1.54) is 22.9 Å². The van der Waals surface area contributed by atoms with Crippen molar-refractivity contribution in [2.24, 2.45) is 0 Å². The van der Waals surface area contributed by atoms with Crippen molar-refractivity contribution in [1.82, 2.24) is 18.8 Å². The number of halogens is 2. The Balaban J connectivity index is 1.50. The summed E-state index contributed by atoms with van der Waals surface area (Å²) in [5.74, 6) is -0.346. The van der Waals surface area contributed by atoms with Gasteiger partial charge in [0, 0.05) is 31.6 Å². The fourth-order valence-corrected chi connectivity index (χ4v) is 6.59. The molecular formula is C20H22F2N4O4S2. The van der Waals surface area contributed by atoms with E-state index in [9.17, 15) is 22.0 Å². The molecule has 1 aromatic carbocycles. The van der Waals surface area contributed by atoms with E-state index in [4.69, 9.17) is 0 Å². The zero-order valence-electron chi connectivity index (χ0n) is 17.4. The van der Waals surface area contributed by atoms with Crippen LogP contribution in [-0.4, -0.2) is 66.4 Å². The molecule has 1 atom stereocenters. The maximum atomic E-state index is 13.8. The minimum atomic E-state index is -3.76. The van der Waals surface area contributed by atoms with Gasteiger partial charge < -0.3 is 4.74 Å². The number of carbonyl (C=O) groups is 1. The highest BCUT2D eigenvalue weighted by Crippen LogP contribution is 2.31. The predicted molar refractivity (Wildman–Crippen MR) is 115 cm³/mol. The number of esters is 1. The summed E-state index contributed by atoms with van der Waals surface area (Å²) in [6.07, 6.45) is 0. The highest BCUT2D eigenvalue weighted by Gasteiger charge is 2.33. The fourth-order valence-electron chi connectivity index (χ4n) is 3.86. The first-order chi connectivity index (χ1) is 15.2. The van der Waals surface area contributed by atoms with Gasteiger partial charge in [-0.1, -0.05) is 12.1 Å². The second kappa shape index (κ2) is 8.85. The number of aromatic nitrogens is 2. The summed E-state index contributed by atoms with van der Waals surface area (Å²) in [7, 11) is -2.53. The van der Waals surface area contributed by atoms with Gasteiger partial charge in [-0.3, -0.25) is 9.47 Å². The van der Waals surface area contributed by atoms with Crippen LogP contribution in [-0.2, 0) is 14.8 Å². The Bertz CT molecular complexity index is 1230. The Morgan fingerprint density at radius 3 is 2.53 bits per heavy atom. The smallest absolute Gasteiger partial charge is 0.338 e. The molecule has 1 fully saturated rings. The first-order valence-corrected chi connectivity index (χ1v) is 12.2. The summed E-state index contributed by atoms with van der Waals surface area (Å²) in [6.45, 7) is 0.195. The topological polar surface area (TPSA) is 84.7 Å².